The standard InChI is InChI=1S/C18H22F2N2O2/c1-18(2,24)10-11-3-5-22(6-4-11)17(23)16-8-12-7-13(19)14(20)9-15(12)21-16/h7-9,11,21,24H,3-6,10H2,1-2H3. The quantitative estimate of drug-likeness (QED) is 0.902. The molecule has 1 amide bonds. The molecule has 2 N–H and O–H groups in total. The second-order valence-electron chi connectivity index (χ2n) is 7.29. The molecule has 3 rings (SSSR count). The Morgan fingerprint density at radius 3 is 2.50 bits per heavy atom. The summed E-state index contributed by atoms with van der Waals surface area (Å²) in [6.07, 6.45) is 2.42. The molecule has 2 heterocycles. The summed E-state index contributed by atoms with van der Waals surface area (Å²) < 4.78 is 26.6. The van der Waals surface area contributed by atoms with Gasteiger partial charge in [-0.2, -0.15) is 0 Å². The number of fused-ring (bicyclic) bond motifs is 1. The number of likely N-dealkylation sites (tertiary alicyclic amines) is 1. The zero-order valence-corrected chi connectivity index (χ0v) is 13.9. The van der Waals surface area contributed by atoms with Crippen LogP contribution in [-0.2, 0) is 0 Å². The van der Waals surface area contributed by atoms with Crippen LogP contribution in [0.25, 0.3) is 10.9 Å². The van der Waals surface area contributed by atoms with Gasteiger partial charge in [0.05, 0.1) is 5.60 Å². The van der Waals surface area contributed by atoms with Crippen molar-refractivity contribution in [1.29, 1.82) is 0 Å². The number of piperidine rings is 1. The van der Waals surface area contributed by atoms with Crippen molar-refractivity contribution in [2.75, 3.05) is 13.1 Å². The summed E-state index contributed by atoms with van der Waals surface area (Å²) in [6, 6.07) is 3.72. The molecule has 0 unspecified atom stereocenters. The largest absolute Gasteiger partial charge is 0.390 e. The normalized spacial score (nSPS) is 16.8. The third-order valence-corrected chi connectivity index (χ3v) is 4.58. The molecule has 0 spiro atoms. The Hall–Kier alpha value is -1.95. The summed E-state index contributed by atoms with van der Waals surface area (Å²) in [4.78, 5) is 17.2. The van der Waals surface area contributed by atoms with E-state index in [9.17, 15) is 18.7 Å². The number of rotatable bonds is 3. The van der Waals surface area contributed by atoms with Crippen molar-refractivity contribution in [3.63, 3.8) is 0 Å². The van der Waals surface area contributed by atoms with Crippen molar-refractivity contribution in [2.45, 2.75) is 38.7 Å². The highest BCUT2D eigenvalue weighted by atomic mass is 19.2. The second kappa shape index (κ2) is 6.16. The lowest BCUT2D eigenvalue weighted by Gasteiger charge is -2.34. The molecule has 1 aliphatic heterocycles. The second-order valence-corrected chi connectivity index (χ2v) is 7.29. The van der Waals surface area contributed by atoms with Gasteiger partial charge in [-0.3, -0.25) is 4.79 Å². The zero-order chi connectivity index (χ0) is 17.5. The maximum absolute atomic E-state index is 13.3. The van der Waals surface area contributed by atoms with Crippen LogP contribution in [0.4, 0.5) is 8.78 Å². The first kappa shape index (κ1) is 16.9. The number of carbonyl (C=O) groups excluding carboxylic acids is 1. The van der Waals surface area contributed by atoms with E-state index in [4.69, 9.17) is 0 Å². The summed E-state index contributed by atoms with van der Waals surface area (Å²) in [7, 11) is 0. The van der Waals surface area contributed by atoms with Crippen molar-refractivity contribution in [3.05, 3.63) is 35.5 Å². The molecule has 0 saturated carbocycles. The summed E-state index contributed by atoms with van der Waals surface area (Å²) in [5, 5.41) is 10.4. The lowest BCUT2D eigenvalue weighted by Crippen LogP contribution is -2.40. The van der Waals surface area contributed by atoms with E-state index >= 15 is 0 Å². The molecule has 1 saturated heterocycles. The Morgan fingerprint density at radius 1 is 1.25 bits per heavy atom. The van der Waals surface area contributed by atoms with E-state index in [1.165, 1.54) is 0 Å². The summed E-state index contributed by atoms with van der Waals surface area (Å²) >= 11 is 0. The van der Waals surface area contributed by atoms with Gasteiger partial charge in [-0.1, -0.05) is 0 Å². The van der Waals surface area contributed by atoms with Gasteiger partial charge in [0.2, 0.25) is 0 Å². The number of nitrogens with one attached hydrogen (secondary N) is 1. The topological polar surface area (TPSA) is 56.3 Å². The minimum Gasteiger partial charge on any atom is -0.390 e. The van der Waals surface area contributed by atoms with Crippen molar-refractivity contribution in [2.24, 2.45) is 5.92 Å². The van der Waals surface area contributed by atoms with Crippen LogP contribution in [-0.4, -0.2) is 39.6 Å². The molecule has 0 bridgehead atoms. The molecular weight excluding hydrogens is 314 g/mol. The van der Waals surface area contributed by atoms with Crippen LogP contribution in [0, 0.1) is 17.6 Å². The third kappa shape index (κ3) is 3.59. The van der Waals surface area contributed by atoms with Crippen LogP contribution >= 0.6 is 0 Å². The molecule has 0 aliphatic carbocycles. The first-order chi connectivity index (χ1) is 11.2. The molecule has 0 atom stereocenters. The molecular formula is C18H22F2N2O2. The first-order valence-electron chi connectivity index (χ1n) is 8.22. The number of halogens is 2. The maximum Gasteiger partial charge on any atom is 0.270 e. The van der Waals surface area contributed by atoms with Gasteiger partial charge >= 0.3 is 0 Å². The fourth-order valence-electron chi connectivity index (χ4n) is 3.46. The van der Waals surface area contributed by atoms with E-state index in [-0.39, 0.29) is 5.91 Å². The van der Waals surface area contributed by atoms with Crippen LogP contribution in [0.3, 0.4) is 0 Å². The highest BCUT2D eigenvalue weighted by Crippen LogP contribution is 2.27. The highest BCUT2D eigenvalue weighted by Gasteiger charge is 2.28. The Kier molecular flexibility index (Phi) is 4.34. The average molecular weight is 336 g/mol. The number of aromatic amines is 1. The van der Waals surface area contributed by atoms with Crippen molar-refractivity contribution >= 4 is 16.8 Å². The van der Waals surface area contributed by atoms with Crippen molar-refractivity contribution in [1.82, 2.24) is 9.88 Å². The molecule has 0 radical (unpaired) electrons. The van der Waals surface area contributed by atoms with Gasteiger partial charge in [0.25, 0.3) is 5.91 Å². The van der Waals surface area contributed by atoms with E-state index in [2.05, 4.69) is 4.98 Å². The molecule has 1 fully saturated rings. The van der Waals surface area contributed by atoms with E-state index in [1.807, 2.05) is 0 Å². The number of nitrogens with zero attached hydrogens (tertiary/aromatic N) is 1. The molecule has 6 heteroatoms. The molecule has 24 heavy (non-hydrogen) atoms. The number of amides is 1. The predicted molar refractivity (Wildman–Crippen MR) is 87.8 cm³/mol. The molecule has 4 nitrogen and oxygen atoms in total. The van der Waals surface area contributed by atoms with E-state index in [1.54, 1.807) is 24.8 Å². The molecule has 2 aromatic rings. The fraction of sp³-hybridized carbons (Fsp3) is 0.500. The number of H-pyrrole nitrogens is 1. The van der Waals surface area contributed by atoms with Crippen LogP contribution < -0.4 is 0 Å². The summed E-state index contributed by atoms with van der Waals surface area (Å²) in [5.74, 6) is -1.61. The third-order valence-electron chi connectivity index (χ3n) is 4.58. The van der Waals surface area contributed by atoms with Gasteiger partial charge in [0.1, 0.15) is 5.69 Å². The minimum atomic E-state index is -0.934. The number of hydrogen-bond donors (Lipinski definition) is 2. The summed E-state index contributed by atoms with van der Waals surface area (Å²) in [6.45, 7) is 4.84. The Bertz CT molecular complexity index is 717. The van der Waals surface area contributed by atoms with Gasteiger partial charge in [-0.05, 0) is 51.2 Å². The maximum atomic E-state index is 13.3. The van der Waals surface area contributed by atoms with Gasteiger partial charge in [-0.25, -0.2) is 8.78 Å². The van der Waals surface area contributed by atoms with Gasteiger partial charge < -0.3 is 15.0 Å². The van der Waals surface area contributed by atoms with Crippen molar-refractivity contribution in [3.8, 4) is 0 Å². The van der Waals surface area contributed by atoms with E-state index in [0.717, 1.165) is 31.4 Å². The molecule has 130 valence electrons. The van der Waals surface area contributed by atoms with Gasteiger partial charge in [0, 0.05) is 30.1 Å². The Labute approximate surface area is 139 Å². The van der Waals surface area contributed by atoms with Crippen LogP contribution in [0.1, 0.15) is 43.6 Å². The lowest BCUT2D eigenvalue weighted by molar-refractivity contribution is 0.0357. The van der Waals surface area contributed by atoms with Crippen molar-refractivity contribution < 1.29 is 18.7 Å². The first-order valence-corrected chi connectivity index (χ1v) is 8.22. The predicted octanol–water partition coefficient (Wildman–Crippen LogP) is 3.46. The summed E-state index contributed by atoms with van der Waals surface area (Å²) in [5.41, 5.74) is 0.0624. The smallest absolute Gasteiger partial charge is 0.270 e. The van der Waals surface area contributed by atoms with E-state index in [0.29, 0.717) is 35.6 Å². The zero-order valence-electron chi connectivity index (χ0n) is 13.9. The minimum absolute atomic E-state index is 0.159. The molecule has 1 aromatic carbocycles. The van der Waals surface area contributed by atoms with E-state index < -0.39 is 17.2 Å². The SMILES string of the molecule is CC(C)(O)CC1CCN(C(=O)c2cc3cc(F)c(F)cc3[nH]2)CC1. The van der Waals surface area contributed by atoms with Crippen LogP contribution in [0.15, 0.2) is 18.2 Å². The lowest BCUT2D eigenvalue weighted by atomic mass is 9.86. The fourth-order valence-corrected chi connectivity index (χ4v) is 3.46. The average Bonchev–Trinajstić information content (AvgIpc) is 2.89. The number of aliphatic hydroxyl groups is 1. The number of hydrogen-bond acceptors (Lipinski definition) is 2. The Morgan fingerprint density at radius 2 is 1.88 bits per heavy atom. The van der Waals surface area contributed by atoms with Crippen LogP contribution in [0.5, 0.6) is 0 Å². The number of benzene rings is 1. The van der Waals surface area contributed by atoms with Crippen LogP contribution in [0.2, 0.25) is 0 Å². The number of carbonyl (C=O) groups is 1. The van der Waals surface area contributed by atoms with Gasteiger partial charge in [-0.15, -0.1) is 0 Å². The highest BCUT2D eigenvalue weighted by molar-refractivity contribution is 5.98. The van der Waals surface area contributed by atoms with Gasteiger partial charge in [0.15, 0.2) is 11.6 Å². The Balaban J connectivity index is 1.69. The number of aromatic nitrogens is 1. The molecule has 1 aliphatic rings. The molecule has 1 aromatic heterocycles. The monoisotopic (exact) mass is 336 g/mol.